The number of hydrogen-bond acceptors (Lipinski definition) is 2. The van der Waals surface area contributed by atoms with E-state index in [9.17, 15) is 22.4 Å². The second-order valence-corrected chi connectivity index (χ2v) is 6.70. The first kappa shape index (κ1) is 18.4. The van der Waals surface area contributed by atoms with Crippen LogP contribution in [0.25, 0.3) is 0 Å². The third kappa shape index (κ3) is 4.20. The highest BCUT2D eigenvalue weighted by atomic mass is 19.4. The molecular formula is C19H18F4N2O. The molecule has 1 aromatic carbocycles. The van der Waals surface area contributed by atoms with Crippen LogP contribution in [0.15, 0.2) is 36.5 Å². The molecule has 2 aromatic rings. The number of benzene rings is 1. The van der Waals surface area contributed by atoms with E-state index in [-0.39, 0.29) is 17.9 Å². The normalized spacial score (nSPS) is 15.7. The molecule has 1 aliphatic rings. The van der Waals surface area contributed by atoms with Crippen LogP contribution >= 0.6 is 0 Å². The van der Waals surface area contributed by atoms with Crippen molar-refractivity contribution in [3.8, 4) is 0 Å². The molecule has 0 bridgehead atoms. The van der Waals surface area contributed by atoms with Crippen molar-refractivity contribution in [1.82, 2.24) is 4.98 Å². The summed E-state index contributed by atoms with van der Waals surface area (Å²) in [6.07, 6.45) is -0.134. The number of alkyl halides is 3. The van der Waals surface area contributed by atoms with E-state index < -0.39 is 23.6 Å². The van der Waals surface area contributed by atoms with Gasteiger partial charge in [0.1, 0.15) is 11.5 Å². The molecule has 138 valence electrons. The second kappa shape index (κ2) is 7.05. The van der Waals surface area contributed by atoms with Crippen molar-refractivity contribution in [3.63, 3.8) is 0 Å². The number of pyridine rings is 1. The van der Waals surface area contributed by atoms with E-state index in [4.69, 9.17) is 5.73 Å². The average molecular weight is 366 g/mol. The molecule has 2 N–H and O–H groups in total. The van der Waals surface area contributed by atoms with Gasteiger partial charge >= 0.3 is 6.18 Å². The Balaban J connectivity index is 1.87. The topological polar surface area (TPSA) is 56.0 Å². The van der Waals surface area contributed by atoms with Gasteiger partial charge in [0, 0.05) is 6.20 Å². The van der Waals surface area contributed by atoms with Crippen LogP contribution in [-0.4, -0.2) is 10.9 Å². The van der Waals surface area contributed by atoms with E-state index in [0.717, 1.165) is 25.3 Å². The van der Waals surface area contributed by atoms with Crippen LogP contribution in [0.1, 0.15) is 52.4 Å². The van der Waals surface area contributed by atoms with Crippen LogP contribution in [-0.2, 0) is 12.6 Å². The molecule has 0 radical (unpaired) electrons. The number of hydrogen-bond donors (Lipinski definition) is 1. The van der Waals surface area contributed by atoms with E-state index in [1.165, 1.54) is 18.3 Å². The molecule has 1 saturated carbocycles. The molecule has 1 atom stereocenters. The van der Waals surface area contributed by atoms with E-state index in [1.807, 2.05) is 0 Å². The highest BCUT2D eigenvalue weighted by Gasteiger charge is 2.33. The number of nitrogens with two attached hydrogens (primary N) is 1. The molecule has 1 aliphatic carbocycles. The lowest BCUT2D eigenvalue weighted by Crippen LogP contribution is -2.15. The lowest BCUT2D eigenvalue weighted by molar-refractivity contribution is -0.141. The van der Waals surface area contributed by atoms with E-state index >= 15 is 0 Å². The van der Waals surface area contributed by atoms with E-state index in [1.54, 1.807) is 12.1 Å². The highest BCUT2D eigenvalue weighted by Crippen LogP contribution is 2.40. The first-order valence-corrected chi connectivity index (χ1v) is 8.36. The monoisotopic (exact) mass is 366 g/mol. The van der Waals surface area contributed by atoms with Crippen LogP contribution in [0.3, 0.4) is 0 Å². The Hall–Kier alpha value is -2.44. The molecule has 7 heteroatoms. The van der Waals surface area contributed by atoms with Gasteiger partial charge in [0.15, 0.2) is 0 Å². The third-order valence-corrected chi connectivity index (χ3v) is 4.67. The number of primary amides is 1. The SMILES string of the molecule is NC(=O)c1cccc(CC(CC2CC2)c2ccc(C(F)(F)F)nc2)c1F. The van der Waals surface area contributed by atoms with Gasteiger partial charge in [-0.05, 0) is 47.9 Å². The Kier molecular flexibility index (Phi) is 4.98. The zero-order valence-electron chi connectivity index (χ0n) is 13.9. The van der Waals surface area contributed by atoms with Gasteiger partial charge in [0.2, 0.25) is 0 Å². The molecule has 3 nitrogen and oxygen atoms in total. The van der Waals surface area contributed by atoms with Crippen LogP contribution in [0.4, 0.5) is 17.6 Å². The zero-order valence-corrected chi connectivity index (χ0v) is 13.9. The number of amides is 1. The zero-order chi connectivity index (χ0) is 18.9. The van der Waals surface area contributed by atoms with Gasteiger partial charge in [-0.1, -0.05) is 31.0 Å². The fourth-order valence-electron chi connectivity index (χ4n) is 3.10. The Morgan fingerprint density at radius 1 is 1.23 bits per heavy atom. The van der Waals surface area contributed by atoms with Gasteiger partial charge in [-0.15, -0.1) is 0 Å². The number of halogens is 4. The quantitative estimate of drug-likeness (QED) is 0.767. The van der Waals surface area contributed by atoms with Crippen molar-refractivity contribution >= 4 is 5.91 Å². The summed E-state index contributed by atoms with van der Waals surface area (Å²) in [5.41, 5.74) is 5.00. The summed E-state index contributed by atoms with van der Waals surface area (Å²) in [6.45, 7) is 0. The molecule has 1 unspecified atom stereocenters. The lowest BCUT2D eigenvalue weighted by atomic mass is 9.87. The van der Waals surface area contributed by atoms with Crippen molar-refractivity contribution < 1.29 is 22.4 Å². The van der Waals surface area contributed by atoms with Crippen molar-refractivity contribution in [1.29, 1.82) is 0 Å². The Labute approximate surface area is 148 Å². The summed E-state index contributed by atoms with van der Waals surface area (Å²) in [6, 6.07) is 6.79. The lowest BCUT2D eigenvalue weighted by Gasteiger charge is -2.18. The molecule has 0 aliphatic heterocycles. The molecule has 26 heavy (non-hydrogen) atoms. The van der Waals surface area contributed by atoms with Gasteiger partial charge in [0.25, 0.3) is 5.91 Å². The van der Waals surface area contributed by atoms with E-state index in [0.29, 0.717) is 17.0 Å². The minimum atomic E-state index is -4.49. The predicted octanol–water partition coefficient (Wildman–Crippen LogP) is 4.46. The highest BCUT2D eigenvalue weighted by molar-refractivity contribution is 5.93. The Morgan fingerprint density at radius 3 is 2.50 bits per heavy atom. The maximum atomic E-state index is 14.5. The molecule has 0 spiro atoms. The molecule has 3 rings (SSSR count). The molecule has 1 amide bonds. The van der Waals surface area contributed by atoms with Crippen molar-refractivity contribution in [2.45, 2.75) is 37.8 Å². The summed E-state index contributed by atoms with van der Waals surface area (Å²) >= 11 is 0. The van der Waals surface area contributed by atoms with Crippen LogP contribution in [0.2, 0.25) is 0 Å². The largest absolute Gasteiger partial charge is 0.433 e. The van der Waals surface area contributed by atoms with Crippen LogP contribution in [0.5, 0.6) is 0 Å². The van der Waals surface area contributed by atoms with Gasteiger partial charge in [0.05, 0.1) is 5.56 Å². The molecular weight excluding hydrogens is 348 g/mol. The number of carbonyl (C=O) groups excluding carboxylic acids is 1. The second-order valence-electron chi connectivity index (χ2n) is 6.70. The smallest absolute Gasteiger partial charge is 0.366 e. The maximum Gasteiger partial charge on any atom is 0.433 e. The third-order valence-electron chi connectivity index (χ3n) is 4.67. The first-order chi connectivity index (χ1) is 12.3. The molecule has 1 aromatic heterocycles. The fraction of sp³-hybridized carbons (Fsp3) is 0.368. The number of rotatable bonds is 6. The van der Waals surface area contributed by atoms with Gasteiger partial charge in [-0.3, -0.25) is 9.78 Å². The molecule has 1 fully saturated rings. The Bertz CT molecular complexity index is 798. The minimum Gasteiger partial charge on any atom is -0.366 e. The molecule has 1 heterocycles. The van der Waals surface area contributed by atoms with Crippen molar-refractivity contribution in [3.05, 3.63) is 64.7 Å². The Morgan fingerprint density at radius 2 is 1.96 bits per heavy atom. The van der Waals surface area contributed by atoms with E-state index in [2.05, 4.69) is 4.98 Å². The number of aromatic nitrogens is 1. The summed E-state index contributed by atoms with van der Waals surface area (Å²) in [4.78, 5) is 14.8. The van der Waals surface area contributed by atoms with Gasteiger partial charge < -0.3 is 5.73 Å². The van der Waals surface area contributed by atoms with Gasteiger partial charge in [-0.2, -0.15) is 13.2 Å². The van der Waals surface area contributed by atoms with Crippen LogP contribution in [0, 0.1) is 11.7 Å². The standard InChI is InChI=1S/C19H18F4N2O/c20-17-12(2-1-3-15(17)18(24)26)9-14(8-11-4-5-11)13-6-7-16(25-10-13)19(21,22)23/h1-3,6-7,10-11,14H,4-5,8-9H2,(H2,24,26). The van der Waals surface area contributed by atoms with Crippen molar-refractivity contribution in [2.75, 3.05) is 0 Å². The molecule has 0 saturated heterocycles. The summed E-state index contributed by atoms with van der Waals surface area (Å²) in [7, 11) is 0. The summed E-state index contributed by atoms with van der Waals surface area (Å²) in [5, 5.41) is 0. The average Bonchev–Trinajstić information content (AvgIpc) is 3.39. The number of carbonyl (C=O) groups is 1. The summed E-state index contributed by atoms with van der Waals surface area (Å²) in [5.74, 6) is -1.19. The van der Waals surface area contributed by atoms with Crippen molar-refractivity contribution in [2.24, 2.45) is 11.7 Å². The first-order valence-electron chi connectivity index (χ1n) is 8.36. The van der Waals surface area contributed by atoms with Crippen LogP contribution < -0.4 is 5.73 Å². The maximum absolute atomic E-state index is 14.5. The number of nitrogens with zero attached hydrogens (tertiary/aromatic N) is 1. The fourth-order valence-corrected chi connectivity index (χ4v) is 3.10. The predicted molar refractivity (Wildman–Crippen MR) is 87.9 cm³/mol. The minimum absolute atomic E-state index is 0.171. The van der Waals surface area contributed by atoms with Gasteiger partial charge in [-0.25, -0.2) is 4.39 Å². The summed E-state index contributed by atoms with van der Waals surface area (Å²) < 4.78 is 52.6.